The van der Waals surface area contributed by atoms with Gasteiger partial charge in [-0.15, -0.1) is 37.1 Å². The number of anilines is 1. The fourth-order valence-corrected chi connectivity index (χ4v) is 2.02. The third-order valence-electron chi connectivity index (χ3n) is 3.33. The highest BCUT2D eigenvalue weighted by atomic mass is 127. The summed E-state index contributed by atoms with van der Waals surface area (Å²) in [5.41, 5.74) is 5.51. The number of amides is 1. The molecule has 6 nitrogen and oxygen atoms in total. The summed E-state index contributed by atoms with van der Waals surface area (Å²) in [6.45, 7) is -0.462. The minimum Gasteiger partial charge on any atom is -0.406 e. The van der Waals surface area contributed by atoms with Crippen molar-refractivity contribution in [3.63, 3.8) is 0 Å². The maximum absolute atomic E-state index is 13.5. The third kappa shape index (κ3) is 7.96. The van der Waals surface area contributed by atoms with Crippen molar-refractivity contribution in [3.8, 4) is 5.75 Å². The third-order valence-corrected chi connectivity index (χ3v) is 3.33. The van der Waals surface area contributed by atoms with Crippen LogP contribution in [0.15, 0.2) is 41.4 Å². The van der Waals surface area contributed by atoms with Crippen molar-refractivity contribution in [2.45, 2.75) is 12.9 Å². The molecule has 0 unspecified atom stereocenters. The molecule has 0 heterocycles. The van der Waals surface area contributed by atoms with E-state index in [9.17, 15) is 31.1 Å². The molecule has 2 rings (SSSR count). The molecular formula is C17H15F6IN4O2. The van der Waals surface area contributed by atoms with Gasteiger partial charge in [-0.3, -0.25) is 4.79 Å². The second kappa shape index (κ2) is 10.9. The molecule has 0 saturated heterocycles. The zero-order chi connectivity index (χ0) is 21.6. The molecule has 0 spiro atoms. The highest BCUT2D eigenvalue weighted by Gasteiger charge is 2.30. The predicted molar refractivity (Wildman–Crippen MR) is 107 cm³/mol. The SMILES string of the molecule is I.NC(=NCc1ccc(OC(F)(F)F)cc1)NCC(=O)Nc1ccc(F)c(F)c1F. The van der Waals surface area contributed by atoms with Crippen molar-refractivity contribution in [1.29, 1.82) is 0 Å². The Balaban J connectivity index is 0.00000450. The normalized spacial score (nSPS) is 11.5. The van der Waals surface area contributed by atoms with Crippen LogP contribution in [0, 0.1) is 17.5 Å². The number of nitrogens with one attached hydrogen (secondary N) is 2. The van der Waals surface area contributed by atoms with Gasteiger partial charge in [-0.1, -0.05) is 12.1 Å². The number of halogens is 7. The second-order valence-electron chi connectivity index (χ2n) is 5.52. The van der Waals surface area contributed by atoms with Crippen LogP contribution in [0.2, 0.25) is 0 Å². The number of hydrogen-bond acceptors (Lipinski definition) is 3. The molecule has 1 amide bonds. The van der Waals surface area contributed by atoms with E-state index in [1.807, 2.05) is 5.32 Å². The highest BCUT2D eigenvalue weighted by molar-refractivity contribution is 14.0. The molecule has 164 valence electrons. The number of benzene rings is 2. The Bertz CT molecular complexity index is 906. The van der Waals surface area contributed by atoms with Crippen LogP contribution in [-0.2, 0) is 11.3 Å². The van der Waals surface area contributed by atoms with Gasteiger partial charge in [-0.05, 0) is 29.8 Å². The largest absolute Gasteiger partial charge is 0.573 e. The van der Waals surface area contributed by atoms with Gasteiger partial charge in [0.2, 0.25) is 5.91 Å². The fraction of sp³-hybridized carbons (Fsp3) is 0.176. The van der Waals surface area contributed by atoms with Crippen LogP contribution in [0.1, 0.15) is 5.56 Å². The molecule has 0 aromatic heterocycles. The molecule has 4 N–H and O–H groups in total. The summed E-state index contributed by atoms with van der Waals surface area (Å²) in [5.74, 6) is -6.03. The number of guanidine groups is 1. The van der Waals surface area contributed by atoms with E-state index in [0.717, 1.165) is 18.2 Å². The van der Waals surface area contributed by atoms with Crippen LogP contribution in [0.25, 0.3) is 0 Å². The molecule has 0 aliphatic carbocycles. The molecule has 0 aliphatic heterocycles. The molecule has 0 radical (unpaired) electrons. The van der Waals surface area contributed by atoms with Gasteiger partial charge in [0.1, 0.15) is 5.75 Å². The summed E-state index contributed by atoms with van der Waals surface area (Å²) in [7, 11) is 0. The maximum atomic E-state index is 13.5. The molecule has 2 aromatic rings. The summed E-state index contributed by atoms with van der Waals surface area (Å²) in [6, 6.07) is 6.40. The van der Waals surface area contributed by atoms with E-state index in [1.165, 1.54) is 12.1 Å². The fourth-order valence-electron chi connectivity index (χ4n) is 2.02. The first-order valence-corrected chi connectivity index (χ1v) is 7.87. The van der Waals surface area contributed by atoms with Crippen LogP contribution in [-0.4, -0.2) is 24.8 Å². The minimum atomic E-state index is -4.79. The van der Waals surface area contributed by atoms with Gasteiger partial charge >= 0.3 is 6.36 Å². The monoisotopic (exact) mass is 548 g/mol. The van der Waals surface area contributed by atoms with E-state index in [4.69, 9.17) is 5.73 Å². The number of hydrogen-bond donors (Lipinski definition) is 3. The van der Waals surface area contributed by atoms with E-state index in [0.29, 0.717) is 11.6 Å². The first-order chi connectivity index (χ1) is 13.5. The van der Waals surface area contributed by atoms with E-state index < -0.39 is 47.7 Å². The van der Waals surface area contributed by atoms with Gasteiger partial charge in [0.25, 0.3) is 0 Å². The maximum Gasteiger partial charge on any atom is 0.573 e. The molecule has 13 heteroatoms. The van der Waals surface area contributed by atoms with Gasteiger partial charge in [-0.2, -0.15) is 0 Å². The van der Waals surface area contributed by atoms with Crippen molar-refractivity contribution < 1.29 is 35.9 Å². The molecule has 2 aromatic carbocycles. The summed E-state index contributed by atoms with van der Waals surface area (Å²) in [6.07, 6.45) is -4.79. The average molecular weight is 548 g/mol. The molecule has 0 atom stereocenters. The van der Waals surface area contributed by atoms with Crippen LogP contribution < -0.4 is 21.1 Å². The Kier molecular flexibility index (Phi) is 9.20. The number of aliphatic imine (C=N–C) groups is 1. The van der Waals surface area contributed by atoms with Crippen LogP contribution in [0.5, 0.6) is 5.75 Å². The molecule has 30 heavy (non-hydrogen) atoms. The number of carbonyl (C=O) groups is 1. The highest BCUT2D eigenvalue weighted by Crippen LogP contribution is 2.23. The molecule has 0 saturated carbocycles. The molecule has 0 bridgehead atoms. The van der Waals surface area contributed by atoms with E-state index in [-0.39, 0.29) is 36.5 Å². The number of ether oxygens (including phenoxy) is 1. The molecule has 0 fully saturated rings. The summed E-state index contributed by atoms with van der Waals surface area (Å²) in [4.78, 5) is 15.6. The van der Waals surface area contributed by atoms with Crippen molar-refractivity contribution in [1.82, 2.24) is 5.32 Å². The second-order valence-corrected chi connectivity index (χ2v) is 5.52. The Morgan fingerprint density at radius 3 is 2.27 bits per heavy atom. The summed E-state index contributed by atoms with van der Waals surface area (Å²) >= 11 is 0. The van der Waals surface area contributed by atoms with E-state index in [1.54, 1.807) is 0 Å². The Morgan fingerprint density at radius 2 is 1.67 bits per heavy atom. The van der Waals surface area contributed by atoms with Crippen LogP contribution >= 0.6 is 24.0 Å². The standard InChI is InChI=1S/C17H14F6N4O2.HI/c18-11-5-6-12(15(20)14(11)19)27-13(28)8-26-16(24)25-7-9-1-3-10(4-2-9)29-17(21,22)23;/h1-6H,7-8H2,(H,27,28)(H3,24,25,26);1H. The Hall–Kier alpha value is -2.71. The van der Waals surface area contributed by atoms with Gasteiger partial charge in [0.15, 0.2) is 23.4 Å². The number of rotatable bonds is 6. The number of carbonyl (C=O) groups excluding carboxylic acids is 1. The lowest BCUT2D eigenvalue weighted by atomic mass is 10.2. The van der Waals surface area contributed by atoms with Gasteiger partial charge in [0, 0.05) is 0 Å². The van der Waals surface area contributed by atoms with Gasteiger partial charge in [0.05, 0.1) is 18.8 Å². The number of nitrogens with zero attached hydrogens (tertiary/aromatic N) is 1. The first kappa shape index (κ1) is 25.3. The molecular weight excluding hydrogens is 533 g/mol. The quantitative estimate of drug-likeness (QED) is 0.169. The van der Waals surface area contributed by atoms with Crippen LogP contribution in [0.4, 0.5) is 32.0 Å². The van der Waals surface area contributed by atoms with Crippen molar-refractivity contribution in [2.24, 2.45) is 10.7 Å². The Labute approximate surface area is 183 Å². The lowest BCUT2D eigenvalue weighted by Crippen LogP contribution is -2.38. The number of nitrogens with two attached hydrogens (primary N) is 1. The molecule has 0 aliphatic rings. The predicted octanol–water partition coefficient (Wildman–Crippen LogP) is 3.66. The zero-order valence-electron chi connectivity index (χ0n) is 14.9. The average Bonchev–Trinajstić information content (AvgIpc) is 2.65. The van der Waals surface area contributed by atoms with E-state index >= 15 is 0 Å². The van der Waals surface area contributed by atoms with Crippen molar-refractivity contribution in [3.05, 3.63) is 59.4 Å². The zero-order valence-corrected chi connectivity index (χ0v) is 17.2. The van der Waals surface area contributed by atoms with E-state index in [2.05, 4.69) is 15.0 Å². The van der Waals surface area contributed by atoms with Crippen molar-refractivity contribution >= 4 is 41.5 Å². The summed E-state index contributed by atoms with van der Waals surface area (Å²) in [5, 5.41) is 4.45. The van der Waals surface area contributed by atoms with Crippen LogP contribution in [0.3, 0.4) is 0 Å². The van der Waals surface area contributed by atoms with Crippen molar-refractivity contribution in [2.75, 3.05) is 11.9 Å². The summed E-state index contributed by atoms with van der Waals surface area (Å²) < 4.78 is 79.4. The minimum absolute atomic E-state index is 0. The topological polar surface area (TPSA) is 88.7 Å². The lowest BCUT2D eigenvalue weighted by molar-refractivity contribution is -0.274. The Morgan fingerprint density at radius 1 is 1.03 bits per heavy atom. The smallest absolute Gasteiger partial charge is 0.406 e. The first-order valence-electron chi connectivity index (χ1n) is 7.87. The van der Waals surface area contributed by atoms with Gasteiger partial charge in [-0.25, -0.2) is 18.2 Å². The lowest BCUT2D eigenvalue weighted by Gasteiger charge is -2.09. The van der Waals surface area contributed by atoms with Gasteiger partial charge < -0.3 is 21.1 Å². The number of alkyl halides is 3.